The van der Waals surface area contributed by atoms with Crippen molar-refractivity contribution in [3.8, 4) is 5.75 Å². The average Bonchev–Trinajstić information content (AvgIpc) is 2.63. The third-order valence-electron chi connectivity index (χ3n) is 4.08. The number of anilines is 1. The van der Waals surface area contributed by atoms with E-state index >= 15 is 0 Å². The Morgan fingerprint density at radius 2 is 1.81 bits per heavy atom. The Morgan fingerprint density at radius 3 is 2.59 bits per heavy atom. The summed E-state index contributed by atoms with van der Waals surface area (Å²) in [6, 6.07) is 16.2. The van der Waals surface area contributed by atoms with Crippen LogP contribution in [0.15, 0.2) is 63.5 Å². The summed E-state index contributed by atoms with van der Waals surface area (Å²) in [6.07, 6.45) is 0. The molecule has 0 bridgehead atoms. The van der Waals surface area contributed by atoms with Crippen LogP contribution in [0, 0.1) is 12.7 Å². The van der Waals surface area contributed by atoms with Crippen LogP contribution in [0.5, 0.6) is 5.75 Å². The molecular formula is C21H17Br2ClFNO. The van der Waals surface area contributed by atoms with Gasteiger partial charge in [-0.05, 0) is 58.7 Å². The van der Waals surface area contributed by atoms with E-state index in [0.29, 0.717) is 22.9 Å². The van der Waals surface area contributed by atoms with E-state index < -0.39 is 0 Å². The highest BCUT2D eigenvalue weighted by atomic mass is 79.9. The van der Waals surface area contributed by atoms with Crippen LogP contribution in [0.25, 0.3) is 0 Å². The first-order valence-corrected chi connectivity index (χ1v) is 10.2. The Balaban J connectivity index is 1.82. The summed E-state index contributed by atoms with van der Waals surface area (Å²) >= 11 is 13.2. The van der Waals surface area contributed by atoms with Crippen LogP contribution < -0.4 is 10.1 Å². The van der Waals surface area contributed by atoms with Crippen molar-refractivity contribution in [2.75, 3.05) is 5.32 Å². The van der Waals surface area contributed by atoms with Crippen molar-refractivity contribution in [3.63, 3.8) is 0 Å². The van der Waals surface area contributed by atoms with Crippen molar-refractivity contribution >= 4 is 49.1 Å². The van der Waals surface area contributed by atoms with E-state index in [1.54, 1.807) is 18.2 Å². The fourth-order valence-electron chi connectivity index (χ4n) is 2.65. The number of halogens is 4. The molecular weight excluding hydrogens is 496 g/mol. The topological polar surface area (TPSA) is 21.3 Å². The van der Waals surface area contributed by atoms with E-state index in [1.165, 1.54) is 6.07 Å². The first-order valence-electron chi connectivity index (χ1n) is 8.28. The Kier molecular flexibility index (Phi) is 6.79. The minimum Gasteiger partial charge on any atom is -0.487 e. The molecule has 3 rings (SSSR count). The first-order chi connectivity index (χ1) is 12.9. The minimum absolute atomic E-state index is 0.149. The summed E-state index contributed by atoms with van der Waals surface area (Å²) in [5, 5.41) is 4.07. The van der Waals surface area contributed by atoms with Crippen LogP contribution in [-0.4, -0.2) is 0 Å². The van der Waals surface area contributed by atoms with Gasteiger partial charge in [0.1, 0.15) is 18.2 Å². The Labute approximate surface area is 180 Å². The third kappa shape index (κ3) is 5.24. The molecule has 0 saturated carbocycles. The van der Waals surface area contributed by atoms with Gasteiger partial charge in [0.15, 0.2) is 0 Å². The zero-order chi connectivity index (χ0) is 19.4. The molecule has 1 N–H and O–H groups in total. The largest absolute Gasteiger partial charge is 0.487 e. The molecule has 3 aromatic rings. The summed E-state index contributed by atoms with van der Waals surface area (Å²) in [7, 11) is 0. The maximum atomic E-state index is 13.9. The molecule has 0 aromatic heterocycles. The molecule has 3 aromatic carbocycles. The van der Waals surface area contributed by atoms with Crippen LogP contribution in [0.3, 0.4) is 0 Å². The molecule has 0 saturated heterocycles. The lowest BCUT2D eigenvalue weighted by molar-refractivity contribution is 0.295. The highest BCUT2D eigenvalue weighted by Gasteiger charge is 2.12. The number of hydrogen-bond acceptors (Lipinski definition) is 2. The maximum absolute atomic E-state index is 13.9. The third-order valence-corrected chi connectivity index (χ3v) is 5.37. The molecule has 0 aliphatic rings. The van der Waals surface area contributed by atoms with Gasteiger partial charge in [0.05, 0.1) is 4.47 Å². The Morgan fingerprint density at radius 1 is 1.04 bits per heavy atom. The number of benzene rings is 3. The summed E-state index contributed by atoms with van der Waals surface area (Å²) in [5.74, 6) is 0.397. The van der Waals surface area contributed by atoms with E-state index in [9.17, 15) is 4.39 Å². The van der Waals surface area contributed by atoms with E-state index in [4.69, 9.17) is 16.3 Å². The number of nitrogens with one attached hydrogen (secondary N) is 1. The second-order valence-electron chi connectivity index (χ2n) is 6.07. The Bertz CT molecular complexity index is 965. The van der Waals surface area contributed by atoms with Gasteiger partial charge in [0.2, 0.25) is 0 Å². The van der Waals surface area contributed by atoms with Gasteiger partial charge in [-0.15, -0.1) is 0 Å². The zero-order valence-corrected chi connectivity index (χ0v) is 18.5. The van der Waals surface area contributed by atoms with Gasteiger partial charge in [-0.2, -0.15) is 0 Å². The normalized spacial score (nSPS) is 10.7. The van der Waals surface area contributed by atoms with Gasteiger partial charge in [-0.25, -0.2) is 4.39 Å². The SMILES string of the molecule is Cc1ccc(Cl)cc1NCc1cc(Br)cc(Br)c1OCc1ccccc1F. The predicted molar refractivity (Wildman–Crippen MR) is 116 cm³/mol. The molecule has 0 aliphatic heterocycles. The summed E-state index contributed by atoms with van der Waals surface area (Å²) in [5.41, 5.74) is 3.50. The quantitative estimate of drug-likeness (QED) is 0.368. The summed E-state index contributed by atoms with van der Waals surface area (Å²) in [6.45, 7) is 2.70. The van der Waals surface area contributed by atoms with Crippen molar-refractivity contribution in [3.05, 3.63) is 91.1 Å². The van der Waals surface area contributed by atoms with Crippen molar-refractivity contribution in [2.45, 2.75) is 20.1 Å². The second kappa shape index (κ2) is 9.09. The van der Waals surface area contributed by atoms with E-state index in [0.717, 1.165) is 25.8 Å². The van der Waals surface area contributed by atoms with Gasteiger partial charge in [0.25, 0.3) is 0 Å². The molecule has 27 heavy (non-hydrogen) atoms. The average molecular weight is 514 g/mol. The summed E-state index contributed by atoms with van der Waals surface area (Å²) < 4.78 is 21.6. The number of hydrogen-bond donors (Lipinski definition) is 1. The zero-order valence-electron chi connectivity index (χ0n) is 14.5. The molecule has 2 nitrogen and oxygen atoms in total. The smallest absolute Gasteiger partial charge is 0.139 e. The minimum atomic E-state index is -0.278. The number of rotatable bonds is 6. The first kappa shape index (κ1) is 20.2. The molecule has 0 spiro atoms. The van der Waals surface area contributed by atoms with Crippen LogP contribution in [0.1, 0.15) is 16.7 Å². The number of aryl methyl sites for hydroxylation is 1. The van der Waals surface area contributed by atoms with Crippen LogP contribution in [0.4, 0.5) is 10.1 Å². The molecule has 0 unspecified atom stereocenters. The van der Waals surface area contributed by atoms with Gasteiger partial charge in [0, 0.05) is 32.9 Å². The molecule has 0 fully saturated rings. The predicted octanol–water partition coefficient (Wildman–Crippen LogP) is 7.50. The number of ether oxygens (including phenoxy) is 1. The highest BCUT2D eigenvalue weighted by Crippen LogP contribution is 2.34. The van der Waals surface area contributed by atoms with Gasteiger partial charge < -0.3 is 10.1 Å². The monoisotopic (exact) mass is 511 g/mol. The Hall–Kier alpha value is -1.56. The molecule has 6 heteroatoms. The van der Waals surface area contributed by atoms with Crippen LogP contribution in [-0.2, 0) is 13.2 Å². The molecule has 0 amide bonds. The van der Waals surface area contributed by atoms with Crippen molar-refractivity contribution in [1.82, 2.24) is 0 Å². The maximum Gasteiger partial charge on any atom is 0.139 e. The van der Waals surface area contributed by atoms with Crippen molar-refractivity contribution in [1.29, 1.82) is 0 Å². The molecule has 0 radical (unpaired) electrons. The fourth-order valence-corrected chi connectivity index (χ4v) is 4.25. The fraction of sp³-hybridized carbons (Fsp3) is 0.143. The molecule has 0 atom stereocenters. The van der Waals surface area contributed by atoms with Crippen molar-refractivity contribution < 1.29 is 9.13 Å². The lowest BCUT2D eigenvalue weighted by Gasteiger charge is -2.16. The van der Waals surface area contributed by atoms with Gasteiger partial charge in [-0.3, -0.25) is 0 Å². The summed E-state index contributed by atoms with van der Waals surface area (Å²) in [4.78, 5) is 0. The van der Waals surface area contributed by atoms with E-state index in [-0.39, 0.29) is 12.4 Å². The van der Waals surface area contributed by atoms with E-state index in [2.05, 4.69) is 37.2 Å². The van der Waals surface area contributed by atoms with E-state index in [1.807, 2.05) is 37.3 Å². The van der Waals surface area contributed by atoms with Crippen molar-refractivity contribution in [2.24, 2.45) is 0 Å². The van der Waals surface area contributed by atoms with Crippen LogP contribution in [0.2, 0.25) is 5.02 Å². The van der Waals surface area contributed by atoms with Crippen LogP contribution >= 0.6 is 43.5 Å². The van der Waals surface area contributed by atoms with Gasteiger partial charge >= 0.3 is 0 Å². The second-order valence-corrected chi connectivity index (χ2v) is 8.28. The lowest BCUT2D eigenvalue weighted by Crippen LogP contribution is -2.06. The lowest BCUT2D eigenvalue weighted by atomic mass is 10.1. The molecule has 0 heterocycles. The molecule has 140 valence electrons. The van der Waals surface area contributed by atoms with Gasteiger partial charge in [-0.1, -0.05) is 51.8 Å². The standard InChI is InChI=1S/C21H17Br2ClFNO/c1-13-6-7-17(24)10-20(13)26-11-15-8-16(22)9-18(23)21(15)27-12-14-4-2-3-5-19(14)25/h2-10,26H,11-12H2,1H3. The highest BCUT2D eigenvalue weighted by molar-refractivity contribution is 9.11. The molecule has 0 aliphatic carbocycles.